The fourth-order valence-corrected chi connectivity index (χ4v) is 4.36. The monoisotopic (exact) mass is 435 g/mol. The summed E-state index contributed by atoms with van der Waals surface area (Å²) in [6.07, 6.45) is 3.50. The van der Waals surface area contributed by atoms with E-state index in [2.05, 4.69) is 55.1 Å². The van der Waals surface area contributed by atoms with Gasteiger partial charge < -0.3 is 14.8 Å². The van der Waals surface area contributed by atoms with Gasteiger partial charge in [-0.3, -0.25) is 0 Å². The lowest BCUT2D eigenvalue weighted by Crippen LogP contribution is -2.38. The molecule has 0 amide bonds. The fourth-order valence-electron chi connectivity index (χ4n) is 3.95. The predicted molar refractivity (Wildman–Crippen MR) is 121 cm³/mol. The lowest BCUT2D eigenvalue weighted by molar-refractivity contribution is 0.554. The molecule has 30 heavy (non-hydrogen) atoms. The molecule has 5 rings (SSSR count). The van der Waals surface area contributed by atoms with Gasteiger partial charge in [0.05, 0.1) is 6.04 Å². The Balaban J connectivity index is 1.56. The molecule has 0 saturated heterocycles. The number of fused-ring (bicyclic) bond motifs is 3. The van der Waals surface area contributed by atoms with E-state index in [4.69, 9.17) is 23.2 Å². The zero-order chi connectivity index (χ0) is 20.5. The van der Waals surface area contributed by atoms with Gasteiger partial charge in [-0.1, -0.05) is 59.6 Å². The second-order valence-corrected chi connectivity index (χ2v) is 7.92. The summed E-state index contributed by atoms with van der Waals surface area (Å²) in [5.74, 6) is 0.757. The van der Waals surface area contributed by atoms with Crippen molar-refractivity contribution in [2.24, 2.45) is 0 Å². The molecule has 150 valence electrons. The van der Waals surface area contributed by atoms with Crippen LogP contribution in [0, 0.1) is 0 Å². The van der Waals surface area contributed by atoms with E-state index in [0.29, 0.717) is 16.7 Å². The molecule has 1 aliphatic heterocycles. The molecule has 2 aromatic heterocycles. The van der Waals surface area contributed by atoms with E-state index in [1.54, 1.807) is 0 Å². The first-order valence-electron chi connectivity index (χ1n) is 9.70. The van der Waals surface area contributed by atoms with E-state index < -0.39 is 0 Å². The van der Waals surface area contributed by atoms with Gasteiger partial charge in [-0.2, -0.15) is 0 Å². The van der Waals surface area contributed by atoms with Crippen molar-refractivity contribution >= 4 is 34.7 Å². The van der Waals surface area contributed by atoms with Gasteiger partial charge >= 0.3 is 0 Å². The molecule has 3 heterocycles. The second-order valence-electron chi connectivity index (χ2n) is 7.12. The largest absolute Gasteiger partial charge is 0.314 e. The van der Waals surface area contributed by atoms with Crippen molar-refractivity contribution in [3.05, 3.63) is 101 Å². The molecule has 0 bridgehead atoms. The van der Waals surface area contributed by atoms with E-state index in [1.807, 2.05) is 42.6 Å². The van der Waals surface area contributed by atoms with Gasteiger partial charge in [-0.05, 0) is 35.9 Å². The molecule has 1 aliphatic rings. The Morgan fingerprint density at radius 2 is 1.80 bits per heavy atom. The van der Waals surface area contributed by atoms with E-state index in [1.165, 1.54) is 11.9 Å². The van der Waals surface area contributed by atoms with Crippen LogP contribution in [0.15, 0.2) is 79.3 Å². The maximum Gasteiger partial charge on any atom is 0.163 e. The summed E-state index contributed by atoms with van der Waals surface area (Å²) in [5, 5.41) is 4.69. The Hall–Kier alpha value is -2.86. The Bertz CT molecular complexity index is 1180. The van der Waals surface area contributed by atoms with Gasteiger partial charge in [0.2, 0.25) is 0 Å². The van der Waals surface area contributed by atoms with Gasteiger partial charge in [-0.25, -0.2) is 9.97 Å². The molecule has 7 heteroatoms. The summed E-state index contributed by atoms with van der Waals surface area (Å²) in [7, 11) is 0. The number of nitrogens with one attached hydrogen (secondary N) is 1. The Kier molecular flexibility index (Phi) is 5.17. The summed E-state index contributed by atoms with van der Waals surface area (Å²) in [5.41, 5.74) is 4.08. The van der Waals surface area contributed by atoms with Crippen molar-refractivity contribution in [2.75, 3.05) is 11.4 Å². The first-order valence-corrected chi connectivity index (χ1v) is 10.5. The molecular formula is C23H19Cl2N5. The van der Waals surface area contributed by atoms with E-state index >= 15 is 0 Å². The van der Waals surface area contributed by atoms with Gasteiger partial charge in [0.25, 0.3) is 0 Å². The van der Waals surface area contributed by atoms with Gasteiger partial charge in [-0.15, -0.1) is 0 Å². The van der Waals surface area contributed by atoms with Crippen molar-refractivity contribution in [3.8, 4) is 5.69 Å². The molecule has 4 aromatic rings. The van der Waals surface area contributed by atoms with E-state index in [9.17, 15) is 0 Å². The smallest absolute Gasteiger partial charge is 0.163 e. The minimum Gasteiger partial charge on any atom is -0.314 e. The summed E-state index contributed by atoms with van der Waals surface area (Å²) in [6.45, 7) is 1.49. The first-order chi connectivity index (χ1) is 14.7. The van der Waals surface area contributed by atoms with Gasteiger partial charge in [0.15, 0.2) is 11.0 Å². The molecule has 1 atom stereocenters. The normalized spacial score (nSPS) is 15.0. The number of hydrogen-bond acceptors (Lipinski definition) is 4. The highest BCUT2D eigenvalue weighted by atomic mass is 35.5. The van der Waals surface area contributed by atoms with Gasteiger partial charge in [0, 0.05) is 35.7 Å². The van der Waals surface area contributed by atoms with Crippen LogP contribution in [0.2, 0.25) is 10.2 Å². The second kappa shape index (κ2) is 8.11. The number of halogens is 2. The maximum absolute atomic E-state index is 6.50. The standard InChI is InChI=1S/C23H19Cl2N5/c24-17-8-4-9-18(12-17)30-20(14-26-13-16-6-2-1-3-7-16)19-10-5-11-29(19)21-22(25)27-15-28-23(21)30/h1-12,15,20,26H,13-14H2. The number of anilines is 2. The number of aromatic nitrogens is 3. The van der Waals surface area contributed by atoms with Crippen LogP contribution in [0.5, 0.6) is 0 Å². The van der Waals surface area contributed by atoms with Crippen molar-refractivity contribution in [3.63, 3.8) is 0 Å². The number of rotatable bonds is 5. The Morgan fingerprint density at radius 3 is 2.63 bits per heavy atom. The molecule has 1 N–H and O–H groups in total. The van der Waals surface area contributed by atoms with Crippen LogP contribution in [-0.2, 0) is 6.54 Å². The topological polar surface area (TPSA) is 46.0 Å². The predicted octanol–water partition coefficient (Wildman–Crippen LogP) is 5.56. The molecule has 0 aliphatic carbocycles. The minimum atomic E-state index is 0.000598. The molecule has 0 fully saturated rings. The molecule has 0 radical (unpaired) electrons. The average Bonchev–Trinajstić information content (AvgIpc) is 3.24. The van der Waals surface area contributed by atoms with Crippen molar-refractivity contribution in [1.82, 2.24) is 19.9 Å². The van der Waals surface area contributed by atoms with Crippen LogP contribution in [0.25, 0.3) is 5.69 Å². The summed E-state index contributed by atoms with van der Waals surface area (Å²) in [6, 6.07) is 22.3. The Labute approximate surface area is 184 Å². The lowest BCUT2D eigenvalue weighted by Gasteiger charge is -2.39. The molecule has 2 aromatic carbocycles. The zero-order valence-corrected chi connectivity index (χ0v) is 17.6. The Morgan fingerprint density at radius 1 is 0.933 bits per heavy atom. The van der Waals surface area contributed by atoms with Crippen LogP contribution in [0.4, 0.5) is 11.5 Å². The third kappa shape index (κ3) is 3.45. The van der Waals surface area contributed by atoms with Crippen molar-refractivity contribution in [1.29, 1.82) is 0 Å². The lowest BCUT2D eigenvalue weighted by atomic mass is 10.1. The van der Waals surface area contributed by atoms with Crippen LogP contribution in [0.3, 0.4) is 0 Å². The number of benzene rings is 2. The summed E-state index contributed by atoms with van der Waals surface area (Å²) in [4.78, 5) is 11.0. The molecular weight excluding hydrogens is 417 g/mol. The van der Waals surface area contributed by atoms with Crippen molar-refractivity contribution in [2.45, 2.75) is 12.6 Å². The zero-order valence-electron chi connectivity index (χ0n) is 16.0. The van der Waals surface area contributed by atoms with Gasteiger partial charge in [0.1, 0.15) is 12.0 Å². The first kappa shape index (κ1) is 19.1. The highest BCUT2D eigenvalue weighted by Gasteiger charge is 2.34. The number of nitrogens with zero attached hydrogens (tertiary/aromatic N) is 4. The molecule has 5 nitrogen and oxygen atoms in total. The SMILES string of the molecule is Clc1cccc(N2c3ncnc(Cl)c3-n3cccc3C2CNCc2ccccc2)c1. The highest BCUT2D eigenvalue weighted by Crippen LogP contribution is 2.44. The summed E-state index contributed by atoms with van der Waals surface area (Å²) >= 11 is 12.8. The third-order valence-corrected chi connectivity index (χ3v) is 5.77. The van der Waals surface area contributed by atoms with Crippen LogP contribution < -0.4 is 10.2 Å². The number of hydrogen-bond donors (Lipinski definition) is 1. The highest BCUT2D eigenvalue weighted by molar-refractivity contribution is 6.32. The van der Waals surface area contributed by atoms with Crippen molar-refractivity contribution < 1.29 is 0 Å². The van der Waals surface area contributed by atoms with E-state index in [0.717, 1.165) is 29.4 Å². The quantitative estimate of drug-likeness (QED) is 0.417. The van der Waals surface area contributed by atoms with E-state index in [-0.39, 0.29) is 6.04 Å². The molecule has 0 spiro atoms. The van der Waals surface area contributed by atoms with Crippen LogP contribution in [-0.4, -0.2) is 21.1 Å². The molecule has 1 unspecified atom stereocenters. The maximum atomic E-state index is 6.50. The fraction of sp³-hybridized carbons (Fsp3) is 0.130. The van der Waals surface area contributed by atoms with Crippen LogP contribution in [0.1, 0.15) is 17.3 Å². The summed E-state index contributed by atoms with van der Waals surface area (Å²) < 4.78 is 2.08. The average molecular weight is 436 g/mol. The molecule has 0 saturated carbocycles. The minimum absolute atomic E-state index is 0.000598. The van der Waals surface area contributed by atoms with Crippen LogP contribution >= 0.6 is 23.2 Å². The third-order valence-electron chi connectivity index (χ3n) is 5.26.